The normalized spacial score (nSPS) is 28.9. The maximum Gasteiger partial charge on any atom is 0.352 e. The molecule has 1 fully saturated rings. The highest BCUT2D eigenvalue weighted by Crippen LogP contribution is 2.45. The van der Waals surface area contributed by atoms with E-state index in [1.807, 2.05) is 13.8 Å². The van der Waals surface area contributed by atoms with E-state index in [0.717, 1.165) is 17.7 Å². The molecule has 0 aromatic heterocycles. The van der Waals surface area contributed by atoms with E-state index in [1.165, 1.54) is 4.90 Å². The van der Waals surface area contributed by atoms with Gasteiger partial charge in [-0.05, 0) is 18.4 Å². The summed E-state index contributed by atoms with van der Waals surface area (Å²) in [5.41, 5.74) is 1.11. The Hall–Kier alpha value is -0.970. The Labute approximate surface area is 98.7 Å². The number of aliphatic carboxylic acids is 1. The van der Waals surface area contributed by atoms with E-state index in [2.05, 4.69) is 0 Å². The minimum Gasteiger partial charge on any atom is -0.477 e. The lowest BCUT2D eigenvalue weighted by Crippen LogP contribution is -2.61. The lowest BCUT2D eigenvalue weighted by atomic mass is 9.93. The molecule has 0 unspecified atom stereocenters. The zero-order valence-corrected chi connectivity index (χ0v) is 10.2. The van der Waals surface area contributed by atoms with Gasteiger partial charge < -0.3 is 5.11 Å². The molecule has 0 bridgehead atoms. The molecule has 2 heterocycles. The van der Waals surface area contributed by atoms with Crippen LogP contribution in [0.3, 0.4) is 0 Å². The van der Waals surface area contributed by atoms with Gasteiger partial charge >= 0.3 is 5.97 Å². The van der Waals surface area contributed by atoms with Gasteiger partial charge in [0.25, 0.3) is 0 Å². The monoisotopic (exact) mass is 241 g/mol. The number of amides is 1. The third-order valence-corrected chi connectivity index (χ3v) is 4.62. The maximum absolute atomic E-state index is 11.8. The van der Waals surface area contributed by atoms with E-state index in [1.54, 1.807) is 11.8 Å². The van der Waals surface area contributed by atoms with Gasteiger partial charge in [-0.25, -0.2) is 4.79 Å². The van der Waals surface area contributed by atoms with E-state index < -0.39 is 5.97 Å². The number of carboxylic acid groups (broad SMARTS) is 1. The Kier molecular flexibility index (Phi) is 2.97. The summed E-state index contributed by atoms with van der Waals surface area (Å²) in [7, 11) is 0. The molecule has 0 saturated carbocycles. The zero-order valence-electron chi connectivity index (χ0n) is 9.40. The molecule has 0 radical (unpaired) electrons. The van der Waals surface area contributed by atoms with Crippen LogP contribution in [0.15, 0.2) is 11.3 Å². The van der Waals surface area contributed by atoms with Crippen LogP contribution in [0.1, 0.15) is 26.7 Å². The average molecular weight is 241 g/mol. The lowest BCUT2D eigenvalue weighted by molar-refractivity contribution is -0.152. The largest absolute Gasteiger partial charge is 0.477 e. The van der Waals surface area contributed by atoms with Gasteiger partial charge in [0.15, 0.2) is 0 Å². The van der Waals surface area contributed by atoms with Crippen molar-refractivity contribution in [2.24, 2.45) is 5.92 Å². The Morgan fingerprint density at radius 1 is 1.56 bits per heavy atom. The van der Waals surface area contributed by atoms with Crippen LogP contribution in [0.5, 0.6) is 0 Å². The van der Waals surface area contributed by atoms with Gasteiger partial charge in [0.05, 0.1) is 11.3 Å². The lowest BCUT2D eigenvalue weighted by Gasteiger charge is -2.49. The topological polar surface area (TPSA) is 57.6 Å². The molecule has 16 heavy (non-hydrogen) atoms. The van der Waals surface area contributed by atoms with Crippen LogP contribution in [-0.2, 0) is 9.59 Å². The van der Waals surface area contributed by atoms with Crippen molar-refractivity contribution in [3.63, 3.8) is 0 Å². The van der Waals surface area contributed by atoms with Crippen LogP contribution in [0, 0.1) is 5.92 Å². The number of rotatable bonds is 3. The van der Waals surface area contributed by atoms with E-state index in [-0.39, 0.29) is 22.9 Å². The first-order valence-electron chi connectivity index (χ1n) is 5.51. The molecule has 2 atom stereocenters. The zero-order chi connectivity index (χ0) is 11.9. The second kappa shape index (κ2) is 4.13. The number of hydrogen-bond acceptors (Lipinski definition) is 3. The summed E-state index contributed by atoms with van der Waals surface area (Å²) in [5.74, 6) is -0.242. The molecular formula is C11H15NO3S. The number of β-lactam (4-membered cyclic amide) rings is 1. The summed E-state index contributed by atoms with van der Waals surface area (Å²) in [5, 5.41) is 9.23. The van der Waals surface area contributed by atoms with Gasteiger partial charge in [-0.15, -0.1) is 11.8 Å². The van der Waals surface area contributed by atoms with Crippen molar-refractivity contribution in [1.82, 2.24) is 4.90 Å². The van der Waals surface area contributed by atoms with Crippen LogP contribution >= 0.6 is 11.8 Å². The maximum atomic E-state index is 11.8. The van der Waals surface area contributed by atoms with Crippen molar-refractivity contribution >= 4 is 23.6 Å². The molecule has 1 N–H and O–H groups in total. The van der Waals surface area contributed by atoms with Gasteiger partial charge in [0.2, 0.25) is 5.91 Å². The van der Waals surface area contributed by atoms with Gasteiger partial charge in [-0.3, -0.25) is 9.69 Å². The summed E-state index contributed by atoms with van der Waals surface area (Å²) in [6.07, 6.45) is 1.49. The summed E-state index contributed by atoms with van der Waals surface area (Å²) < 4.78 is 0. The van der Waals surface area contributed by atoms with Gasteiger partial charge in [-0.1, -0.05) is 13.8 Å². The molecule has 1 saturated heterocycles. The Morgan fingerprint density at radius 3 is 2.75 bits per heavy atom. The number of carbonyl (C=O) groups is 2. The van der Waals surface area contributed by atoms with Crippen molar-refractivity contribution < 1.29 is 14.7 Å². The Morgan fingerprint density at radius 2 is 2.25 bits per heavy atom. The summed E-state index contributed by atoms with van der Waals surface area (Å²) in [6.45, 7) is 3.90. The predicted octanol–water partition coefficient (Wildman–Crippen LogP) is 1.68. The highest BCUT2D eigenvalue weighted by molar-refractivity contribution is 8.00. The Bertz CT molecular complexity index is 377. The first kappa shape index (κ1) is 11.5. The number of fused-ring (bicyclic) bond motifs is 1. The van der Waals surface area contributed by atoms with Crippen molar-refractivity contribution in [2.75, 3.05) is 5.75 Å². The quantitative estimate of drug-likeness (QED) is 0.764. The van der Waals surface area contributed by atoms with E-state index in [4.69, 9.17) is 0 Å². The highest BCUT2D eigenvalue weighted by Gasteiger charge is 2.51. The molecule has 0 aromatic rings. The van der Waals surface area contributed by atoms with E-state index in [0.29, 0.717) is 6.42 Å². The van der Waals surface area contributed by atoms with Crippen LogP contribution in [0.4, 0.5) is 0 Å². The molecule has 2 aliphatic heterocycles. The average Bonchev–Trinajstić information content (AvgIpc) is 2.27. The van der Waals surface area contributed by atoms with Crippen LogP contribution in [0.25, 0.3) is 0 Å². The number of carboxylic acids is 1. The third-order valence-electron chi connectivity index (χ3n) is 3.23. The summed E-state index contributed by atoms with van der Waals surface area (Å²) >= 11 is 1.69. The number of hydrogen-bond donors (Lipinski definition) is 1. The molecule has 88 valence electrons. The molecule has 1 amide bonds. The fraction of sp³-hybridized carbons (Fsp3) is 0.636. The van der Waals surface area contributed by atoms with E-state index >= 15 is 0 Å². The molecule has 5 heteroatoms. The molecule has 0 aliphatic carbocycles. The van der Waals surface area contributed by atoms with Crippen molar-refractivity contribution in [3.8, 4) is 0 Å². The van der Waals surface area contributed by atoms with Gasteiger partial charge in [-0.2, -0.15) is 0 Å². The summed E-state index contributed by atoms with van der Waals surface area (Å²) in [4.78, 5) is 24.5. The SMILES string of the molecule is CCC1=C(C(=O)O)N2C(=O)[C@@H](CC)[C@H]2SC1. The first-order valence-corrected chi connectivity index (χ1v) is 6.56. The fourth-order valence-electron chi connectivity index (χ4n) is 2.28. The van der Waals surface area contributed by atoms with Gasteiger partial charge in [0.1, 0.15) is 5.70 Å². The van der Waals surface area contributed by atoms with Gasteiger partial charge in [0, 0.05) is 5.75 Å². The van der Waals surface area contributed by atoms with Crippen molar-refractivity contribution in [1.29, 1.82) is 0 Å². The summed E-state index contributed by atoms with van der Waals surface area (Å²) in [6, 6.07) is 0. The van der Waals surface area contributed by atoms with Crippen LogP contribution in [0.2, 0.25) is 0 Å². The van der Waals surface area contributed by atoms with Crippen molar-refractivity contribution in [3.05, 3.63) is 11.3 Å². The standard InChI is InChI=1S/C11H15NO3S/c1-3-6-5-16-10-7(4-2)9(13)12(10)8(6)11(14)15/h7,10H,3-5H2,1-2H3,(H,14,15)/t7-,10-/m1/s1. The van der Waals surface area contributed by atoms with Crippen LogP contribution in [-0.4, -0.2) is 33.0 Å². The smallest absolute Gasteiger partial charge is 0.352 e. The first-order chi connectivity index (χ1) is 7.61. The Balaban J connectivity index is 2.33. The minimum absolute atomic E-state index is 0.0118. The molecule has 2 aliphatic rings. The van der Waals surface area contributed by atoms with E-state index in [9.17, 15) is 14.7 Å². The second-order valence-corrected chi connectivity index (χ2v) is 5.14. The minimum atomic E-state index is -0.968. The number of thioether (sulfide) groups is 1. The second-order valence-electron chi connectivity index (χ2n) is 4.04. The molecular weight excluding hydrogens is 226 g/mol. The third kappa shape index (κ3) is 1.45. The number of carbonyl (C=O) groups excluding carboxylic acids is 1. The fourth-order valence-corrected chi connectivity index (χ4v) is 3.89. The van der Waals surface area contributed by atoms with Crippen molar-refractivity contribution in [2.45, 2.75) is 32.1 Å². The predicted molar refractivity (Wildman–Crippen MR) is 61.8 cm³/mol. The molecule has 0 aromatic carbocycles. The highest BCUT2D eigenvalue weighted by atomic mass is 32.2. The number of nitrogens with zero attached hydrogens (tertiary/aromatic N) is 1. The molecule has 4 nitrogen and oxygen atoms in total. The van der Waals surface area contributed by atoms with Crippen LogP contribution < -0.4 is 0 Å². The molecule has 2 rings (SSSR count). The molecule has 0 spiro atoms.